The Morgan fingerprint density at radius 2 is 2.29 bits per heavy atom. The highest BCUT2D eigenvalue weighted by Crippen LogP contribution is 2.12. The number of pyridine rings is 1. The summed E-state index contributed by atoms with van der Waals surface area (Å²) in [5.74, 6) is -0.0550. The zero-order valence-corrected chi connectivity index (χ0v) is 8.33. The Morgan fingerprint density at radius 3 is 2.86 bits per heavy atom. The predicted octanol–water partition coefficient (Wildman–Crippen LogP) is 1.47. The van der Waals surface area contributed by atoms with E-state index in [1.807, 2.05) is 6.92 Å². The Labute approximate surface area is 83.3 Å². The van der Waals surface area contributed by atoms with Crippen LogP contribution in [0.1, 0.15) is 25.3 Å². The minimum atomic E-state index is -0.276. The molecule has 3 nitrogen and oxygen atoms in total. The molecule has 78 valence electrons. The molecule has 0 unspecified atom stereocenters. The number of nitrogens with zero attached hydrogens (tertiary/aromatic N) is 1. The van der Waals surface area contributed by atoms with Crippen LogP contribution in [0.5, 0.6) is 0 Å². The van der Waals surface area contributed by atoms with Crippen LogP contribution >= 0.6 is 0 Å². The van der Waals surface area contributed by atoms with Crippen molar-refractivity contribution in [1.29, 1.82) is 0 Å². The summed E-state index contributed by atoms with van der Waals surface area (Å²) < 4.78 is 13.2. The Balaban J connectivity index is 2.51. The third-order valence-electron chi connectivity index (χ3n) is 2.06. The minimum absolute atomic E-state index is 0.166. The first-order valence-electron chi connectivity index (χ1n) is 4.75. The zero-order chi connectivity index (χ0) is 10.6. The molecule has 0 aliphatic carbocycles. The topological polar surface area (TPSA) is 64.9 Å². The van der Waals surface area contributed by atoms with Gasteiger partial charge in [0.05, 0.1) is 0 Å². The van der Waals surface area contributed by atoms with Crippen molar-refractivity contribution in [3.05, 3.63) is 23.6 Å². The van der Waals surface area contributed by atoms with Gasteiger partial charge in [-0.05, 0) is 26.2 Å². The summed E-state index contributed by atoms with van der Waals surface area (Å²) in [5, 5.41) is 0. The van der Waals surface area contributed by atoms with Crippen LogP contribution in [0, 0.1) is 5.82 Å². The van der Waals surface area contributed by atoms with E-state index in [0.29, 0.717) is 12.0 Å². The largest absolute Gasteiger partial charge is 0.384 e. The first-order valence-corrected chi connectivity index (χ1v) is 4.75. The Bertz CT molecular complexity index is 299. The van der Waals surface area contributed by atoms with Gasteiger partial charge in [-0.3, -0.25) is 0 Å². The molecule has 0 amide bonds. The smallest absolute Gasteiger partial charge is 0.131 e. The molecule has 0 aliphatic rings. The number of nitrogens with two attached hydrogens (primary N) is 2. The fourth-order valence-electron chi connectivity index (χ4n) is 1.27. The van der Waals surface area contributed by atoms with Gasteiger partial charge < -0.3 is 11.5 Å². The summed E-state index contributed by atoms with van der Waals surface area (Å²) in [6.45, 7) is 1.94. The van der Waals surface area contributed by atoms with Gasteiger partial charge in [0.25, 0.3) is 0 Å². The van der Waals surface area contributed by atoms with Crippen molar-refractivity contribution in [1.82, 2.24) is 4.98 Å². The first kappa shape index (κ1) is 10.9. The maximum absolute atomic E-state index is 13.2. The molecule has 4 N–H and O–H groups in total. The lowest BCUT2D eigenvalue weighted by atomic mass is 10.1. The van der Waals surface area contributed by atoms with Crippen molar-refractivity contribution in [2.45, 2.75) is 32.2 Å². The molecule has 1 atom stereocenters. The fourth-order valence-corrected chi connectivity index (χ4v) is 1.27. The zero-order valence-electron chi connectivity index (χ0n) is 8.33. The number of nitrogen functional groups attached to an aromatic ring is 1. The third kappa shape index (κ3) is 3.30. The molecule has 0 aliphatic heterocycles. The summed E-state index contributed by atoms with van der Waals surface area (Å²) in [4.78, 5) is 3.84. The van der Waals surface area contributed by atoms with Gasteiger partial charge in [-0.25, -0.2) is 9.37 Å². The maximum Gasteiger partial charge on any atom is 0.131 e. The van der Waals surface area contributed by atoms with E-state index >= 15 is 0 Å². The Hall–Kier alpha value is -1.16. The van der Waals surface area contributed by atoms with E-state index in [-0.39, 0.29) is 17.7 Å². The van der Waals surface area contributed by atoms with Gasteiger partial charge in [-0.2, -0.15) is 0 Å². The van der Waals surface area contributed by atoms with E-state index in [0.717, 1.165) is 12.8 Å². The molecule has 0 radical (unpaired) electrons. The fraction of sp³-hybridized carbons (Fsp3) is 0.500. The van der Waals surface area contributed by atoms with Crippen LogP contribution in [0.25, 0.3) is 0 Å². The second-order valence-electron chi connectivity index (χ2n) is 3.57. The van der Waals surface area contributed by atoms with Crippen LogP contribution in [0.3, 0.4) is 0 Å². The van der Waals surface area contributed by atoms with Crippen LogP contribution in [-0.4, -0.2) is 11.0 Å². The Morgan fingerprint density at radius 1 is 1.57 bits per heavy atom. The van der Waals surface area contributed by atoms with Crippen molar-refractivity contribution in [3.8, 4) is 0 Å². The summed E-state index contributed by atoms with van der Waals surface area (Å²) in [7, 11) is 0. The van der Waals surface area contributed by atoms with Crippen LogP contribution in [0.15, 0.2) is 12.3 Å². The summed E-state index contributed by atoms with van der Waals surface area (Å²) in [6.07, 6.45) is 3.93. The number of hydrogen-bond acceptors (Lipinski definition) is 3. The first-order chi connectivity index (χ1) is 6.59. The van der Waals surface area contributed by atoms with E-state index < -0.39 is 0 Å². The van der Waals surface area contributed by atoms with Crippen molar-refractivity contribution in [2.24, 2.45) is 5.73 Å². The van der Waals surface area contributed by atoms with Crippen molar-refractivity contribution < 1.29 is 4.39 Å². The molecule has 0 fully saturated rings. The molecule has 1 heterocycles. The van der Waals surface area contributed by atoms with E-state index in [4.69, 9.17) is 11.5 Å². The molecule has 0 aromatic carbocycles. The average Bonchev–Trinajstić information content (AvgIpc) is 2.08. The highest BCUT2D eigenvalue weighted by molar-refractivity contribution is 5.30. The molecule has 1 aromatic heterocycles. The van der Waals surface area contributed by atoms with E-state index in [9.17, 15) is 4.39 Å². The van der Waals surface area contributed by atoms with Gasteiger partial charge in [0.15, 0.2) is 0 Å². The van der Waals surface area contributed by atoms with Gasteiger partial charge in [-0.1, -0.05) is 0 Å². The predicted molar refractivity (Wildman–Crippen MR) is 55.2 cm³/mol. The van der Waals surface area contributed by atoms with Crippen molar-refractivity contribution in [2.75, 3.05) is 5.73 Å². The lowest BCUT2D eigenvalue weighted by Gasteiger charge is -2.05. The van der Waals surface area contributed by atoms with E-state index in [1.165, 1.54) is 12.3 Å². The normalized spacial score (nSPS) is 12.8. The second kappa shape index (κ2) is 4.91. The van der Waals surface area contributed by atoms with Gasteiger partial charge >= 0.3 is 0 Å². The number of hydrogen-bond donors (Lipinski definition) is 2. The van der Waals surface area contributed by atoms with E-state index in [1.54, 1.807) is 0 Å². The Kier molecular flexibility index (Phi) is 3.83. The van der Waals surface area contributed by atoms with Crippen LogP contribution in [0.4, 0.5) is 10.2 Å². The maximum atomic E-state index is 13.2. The second-order valence-corrected chi connectivity index (χ2v) is 3.57. The van der Waals surface area contributed by atoms with Crippen LogP contribution in [0.2, 0.25) is 0 Å². The molecule has 1 rings (SSSR count). The number of aryl methyl sites for hydroxylation is 1. The van der Waals surface area contributed by atoms with Crippen molar-refractivity contribution in [3.63, 3.8) is 0 Å². The molecule has 0 saturated carbocycles. The lowest BCUT2D eigenvalue weighted by Crippen LogP contribution is -2.14. The molecular formula is C10H16FN3. The number of aromatic nitrogens is 1. The molecular weight excluding hydrogens is 181 g/mol. The monoisotopic (exact) mass is 197 g/mol. The van der Waals surface area contributed by atoms with Gasteiger partial charge in [-0.15, -0.1) is 0 Å². The van der Waals surface area contributed by atoms with Gasteiger partial charge in [0.1, 0.15) is 11.6 Å². The number of anilines is 1. The van der Waals surface area contributed by atoms with Crippen LogP contribution in [-0.2, 0) is 6.42 Å². The SMILES string of the molecule is C[C@H](N)CCCc1cnc(N)cc1F. The standard InChI is InChI=1S/C10H16FN3/c1-7(12)3-2-4-8-6-14-10(13)5-9(8)11/h5-7H,2-4,12H2,1H3,(H2,13,14)/t7-/m0/s1. The van der Waals surface area contributed by atoms with Crippen molar-refractivity contribution >= 4 is 5.82 Å². The number of halogens is 1. The molecule has 4 heteroatoms. The quantitative estimate of drug-likeness (QED) is 0.768. The third-order valence-corrected chi connectivity index (χ3v) is 2.06. The lowest BCUT2D eigenvalue weighted by molar-refractivity contribution is 0.581. The summed E-state index contributed by atoms with van der Waals surface area (Å²) >= 11 is 0. The molecule has 0 bridgehead atoms. The van der Waals surface area contributed by atoms with Gasteiger partial charge in [0, 0.05) is 23.9 Å². The summed E-state index contributed by atoms with van der Waals surface area (Å²) in [6, 6.07) is 1.42. The average molecular weight is 197 g/mol. The molecule has 0 saturated heterocycles. The highest BCUT2D eigenvalue weighted by Gasteiger charge is 2.03. The summed E-state index contributed by atoms with van der Waals surface area (Å²) in [5.41, 5.74) is 11.5. The van der Waals surface area contributed by atoms with E-state index in [2.05, 4.69) is 4.98 Å². The molecule has 0 spiro atoms. The minimum Gasteiger partial charge on any atom is -0.384 e. The molecule has 1 aromatic rings. The molecule has 14 heavy (non-hydrogen) atoms. The van der Waals surface area contributed by atoms with Crippen LogP contribution < -0.4 is 11.5 Å². The highest BCUT2D eigenvalue weighted by atomic mass is 19.1. The number of rotatable bonds is 4. The van der Waals surface area contributed by atoms with Gasteiger partial charge in [0.2, 0.25) is 0 Å².